The van der Waals surface area contributed by atoms with E-state index in [1.165, 1.54) is 17.0 Å². The number of aromatic nitrogens is 1. The van der Waals surface area contributed by atoms with Gasteiger partial charge in [-0.2, -0.15) is 4.98 Å². The first kappa shape index (κ1) is 21.8. The zero-order valence-corrected chi connectivity index (χ0v) is 18.2. The van der Waals surface area contributed by atoms with Crippen molar-refractivity contribution in [1.82, 2.24) is 9.88 Å². The van der Waals surface area contributed by atoms with Gasteiger partial charge in [-0.15, -0.1) is 0 Å². The van der Waals surface area contributed by atoms with Crippen molar-refractivity contribution in [2.75, 3.05) is 25.0 Å². The highest BCUT2D eigenvalue weighted by Crippen LogP contribution is 2.27. The van der Waals surface area contributed by atoms with Crippen LogP contribution in [0.2, 0.25) is 0 Å². The lowest BCUT2D eigenvalue weighted by molar-refractivity contribution is -0.162. The first-order valence-corrected chi connectivity index (χ1v) is 10.7. The zero-order chi connectivity index (χ0) is 22.7. The SMILES string of the molecule is CC(OC(=O)C1CCN(c2nc3ccccc3o2)CC1)C(=O)N(C)Cc1cccc(F)c1. The van der Waals surface area contributed by atoms with Crippen LogP contribution in [0.3, 0.4) is 0 Å². The van der Waals surface area contributed by atoms with Crippen molar-refractivity contribution < 1.29 is 23.1 Å². The molecule has 0 aliphatic carbocycles. The van der Waals surface area contributed by atoms with Crippen molar-refractivity contribution in [2.45, 2.75) is 32.4 Å². The van der Waals surface area contributed by atoms with E-state index in [1.807, 2.05) is 29.2 Å². The predicted molar refractivity (Wildman–Crippen MR) is 117 cm³/mol. The number of esters is 1. The minimum atomic E-state index is -0.906. The first-order valence-electron chi connectivity index (χ1n) is 10.7. The van der Waals surface area contributed by atoms with Crippen LogP contribution in [0.4, 0.5) is 10.4 Å². The molecule has 1 aliphatic heterocycles. The van der Waals surface area contributed by atoms with Crippen LogP contribution >= 0.6 is 0 Å². The Hall–Kier alpha value is -3.42. The number of carbonyl (C=O) groups excluding carboxylic acids is 2. The lowest BCUT2D eigenvalue weighted by Gasteiger charge is -2.30. The van der Waals surface area contributed by atoms with Gasteiger partial charge in [0.2, 0.25) is 0 Å². The Morgan fingerprint density at radius 2 is 1.97 bits per heavy atom. The number of carbonyl (C=O) groups is 2. The van der Waals surface area contributed by atoms with Gasteiger partial charge in [-0.25, -0.2) is 4.39 Å². The molecule has 1 aromatic heterocycles. The van der Waals surface area contributed by atoms with Gasteiger partial charge in [-0.1, -0.05) is 24.3 Å². The third kappa shape index (κ3) is 4.90. The molecule has 1 atom stereocenters. The number of halogens is 1. The van der Waals surface area contributed by atoms with Gasteiger partial charge in [0.15, 0.2) is 11.7 Å². The maximum absolute atomic E-state index is 13.4. The van der Waals surface area contributed by atoms with Crippen molar-refractivity contribution in [1.29, 1.82) is 0 Å². The molecule has 0 spiro atoms. The molecule has 2 heterocycles. The second-order valence-electron chi connectivity index (χ2n) is 8.13. The monoisotopic (exact) mass is 439 g/mol. The van der Waals surface area contributed by atoms with E-state index in [9.17, 15) is 14.0 Å². The Labute approximate surface area is 185 Å². The van der Waals surface area contributed by atoms with Crippen molar-refractivity contribution in [3.63, 3.8) is 0 Å². The number of hydrogen-bond donors (Lipinski definition) is 0. The largest absolute Gasteiger partial charge is 0.452 e. The number of likely N-dealkylation sites (N-methyl/N-ethyl adjacent to an activating group) is 1. The van der Waals surface area contributed by atoms with Gasteiger partial charge in [0.05, 0.1) is 5.92 Å². The highest BCUT2D eigenvalue weighted by molar-refractivity contribution is 5.84. The van der Waals surface area contributed by atoms with E-state index < -0.39 is 6.10 Å². The molecule has 32 heavy (non-hydrogen) atoms. The summed E-state index contributed by atoms with van der Waals surface area (Å²) in [6, 6.07) is 14.2. The van der Waals surface area contributed by atoms with Crippen LogP contribution in [-0.2, 0) is 20.9 Å². The van der Waals surface area contributed by atoms with Crippen LogP contribution < -0.4 is 4.90 Å². The smallest absolute Gasteiger partial charge is 0.309 e. The number of anilines is 1. The van der Waals surface area contributed by atoms with Crippen molar-refractivity contribution >= 4 is 29.0 Å². The summed E-state index contributed by atoms with van der Waals surface area (Å²) in [6.07, 6.45) is 0.283. The van der Waals surface area contributed by atoms with Crippen LogP contribution in [0, 0.1) is 11.7 Å². The number of nitrogens with zero attached hydrogens (tertiary/aromatic N) is 3. The number of benzene rings is 2. The van der Waals surface area contributed by atoms with Gasteiger partial charge >= 0.3 is 5.97 Å². The molecule has 7 nitrogen and oxygen atoms in total. The molecule has 1 unspecified atom stereocenters. The second kappa shape index (κ2) is 9.38. The molecule has 0 radical (unpaired) electrons. The third-order valence-corrected chi connectivity index (χ3v) is 5.71. The molecule has 168 valence electrons. The average Bonchev–Trinajstić information content (AvgIpc) is 3.23. The number of fused-ring (bicyclic) bond motifs is 1. The van der Waals surface area contributed by atoms with Crippen LogP contribution in [0.25, 0.3) is 11.1 Å². The molecular formula is C24H26FN3O4. The molecular weight excluding hydrogens is 413 g/mol. The number of hydrogen-bond acceptors (Lipinski definition) is 6. The summed E-state index contributed by atoms with van der Waals surface area (Å²) in [5, 5.41) is 0. The van der Waals surface area contributed by atoms with E-state index >= 15 is 0 Å². The van der Waals surface area contributed by atoms with Gasteiger partial charge in [0, 0.05) is 26.7 Å². The summed E-state index contributed by atoms with van der Waals surface area (Å²) in [6.45, 7) is 3.04. The van der Waals surface area contributed by atoms with Crippen molar-refractivity contribution in [3.8, 4) is 0 Å². The highest BCUT2D eigenvalue weighted by atomic mass is 19.1. The fourth-order valence-electron chi connectivity index (χ4n) is 3.92. The summed E-state index contributed by atoms with van der Waals surface area (Å²) in [7, 11) is 1.61. The summed E-state index contributed by atoms with van der Waals surface area (Å²) < 4.78 is 24.6. The van der Waals surface area contributed by atoms with Gasteiger partial charge in [0.25, 0.3) is 11.9 Å². The molecule has 3 aromatic rings. The van der Waals surface area contributed by atoms with Crippen LogP contribution in [0.5, 0.6) is 0 Å². The molecule has 0 bridgehead atoms. The lowest BCUT2D eigenvalue weighted by Crippen LogP contribution is -2.41. The summed E-state index contributed by atoms with van der Waals surface area (Å²) in [5.41, 5.74) is 2.21. The minimum Gasteiger partial charge on any atom is -0.452 e. The summed E-state index contributed by atoms with van der Waals surface area (Å²) in [4.78, 5) is 33.2. The van der Waals surface area contributed by atoms with Crippen LogP contribution in [-0.4, -0.2) is 48.0 Å². The minimum absolute atomic E-state index is 0.237. The molecule has 2 aromatic carbocycles. The summed E-state index contributed by atoms with van der Waals surface area (Å²) in [5.74, 6) is -1.33. The number of ether oxygens (including phenoxy) is 1. The number of rotatable bonds is 6. The molecule has 1 saturated heterocycles. The third-order valence-electron chi connectivity index (χ3n) is 5.71. The fraction of sp³-hybridized carbons (Fsp3) is 0.375. The number of oxazole rings is 1. The normalized spacial score (nSPS) is 15.5. The molecule has 4 rings (SSSR count). The van der Waals surface area contributed by atoms with E-state index in [-0.39, 0.29) is 30.2 Å². The number of piperidine rings is 1. The van der Waals surface area contributed by atoms with Crippen LogP contribution in [0.15, 0.2) is 52.9 Å². The molecule has 1 aliphatic rings. The van der Waals surface area contributed by atoms with Crippen LogP contribution in [0.1, 0.15) is 25.3 Å². The Morgan fingerprint density at radius 3 is 2.69 bits per heavy atom. The summed E-state index contributed by atoms with van der Waals surface area (Å²) >= 11 is 0. The van der Waals surface area contributed by atoms with Crippen molar-refractivity contribution in [3.05, 3.63) is 59.9 Å². The Balaban J connectivity index is 1.27. The van der Waals surface area contributed by atoms with Crippen molar-refractivity contribution in [2.24, 2.45) is 5.92 Å². The van der Waals surface area contributed by atoms with E-state index in [2.05, 4.69) is 4.98 Å². The average molecular weight is 439 g/mol. The Bertz CT molecular complexity index is 1070. The van der Waals surface area contributed by atoms with Gasteiger partial charge in [0.1, 0.15) is 11.3 Å². The zero-order valence-electron chi connectivity index (χ0n) is 18.2. The number of para-hydroxylation sites is 2. The predicted octanol–water partition coefficient (Wildman–Crippen LogP) is 3.77. The van der Waals surface area contributed by atoms with Gasteiger partial charge < -0.3 is 19.0 Å². The maximum Gasteiger partial charge on any atom is 0.309 e. The maximum atomic E-state index is 13.4. The fourth-order valence-corrected chi connectivity index (χ4v) is 3.92. The highest BCUT2D eigenvalue weighted by Gasteiger charge is 2.31. The number of amides is 1. The molecule has 8 heteroatoms. The topological polar surface area (TPSA) is 75.9 Å². The van der Waals surface area contributed by atoms with E-state index in [0.29, 0.717) is 37.5 Å². The standard InChI is InChI=1S/C24H26FN3O4/c1-16(22(29)27(2)15-17-6-5-7-19(25)14-17)31-23(30)18-10-12-28(13-11-18)24-26-20-8-3-4-9-21(20)32-24/h3-9,14,16,18H,10-13,15H2,1-2H3. The Morgan fingerprint density at radius 1 is 1.22 bits per heavy atom. The quantitative estimate of drug-likeness (QED) is 0.544. The lowest BCUT2D eigenvalue weighted by atomic mass is 9.97. The molecule has 1 amide bonds. The Kier molecular flexibility index (Phi) is 6.39. The van der Waals surface area contributed by atoms with E-state index in [0.717, 1.165) is 11.1 Å². The first-order chi connectivity index (χ1) is 15.4. The molecule has 0 saturated carbocycles. The van der Waals surface area contributed by atoms with E-state index in [1.54, 1.807) is 26.1 Å². The van der Waals surface area contributed by atoms with E-state index in [4.69, 9.17) is 9.15 Å². The molecule has 0 N–H and O–H groups in total. The van der Waals surface area contributed by atoms with Gasteiger partial charge in [-0.05, 0) is 49.6 Å². The van der Waals surface area contributed by atoms with Gasteiger partial charge in [-0.3, -0.25) is 9.59 Å². The molecule has 1 fully saturated rings. The second-order valence-corrected chi connectivity index (χ2v) is 8.13.